The van der Waals surface area contributed by atoms with Crippen molar-refractivity contribution in [3.05, 3.63) is 48.5 Å². The molecule has 0 spiro atoms. The van der Waals surface area contributed by atoms with E-state index in [9.17, 15) is 4.79 Å². The number of hydrogen-bond donors (Lipinski definition) is 1. The molecule has 1 aromatic heterocycles. The summed E-state index contributed by atoms with van der Waals surface area (Å²) in [5.41, 5.74) is 1.64. The lowest BCUT2D eigenvalue weighted by Crippen LogP contribution is -2.14. The first-order valence-electron chi connectivity index (χ1n) is 9.39. The number of carbonyl (C=O) groups excluding carboxylic acids is 1. The molecule has 0 fully saturated rings. The molecule has 0 atom stereocenters. The van der Waals surface area contributed by atoms with Crippen molar-refractivity contribution < 1.29 is 14.3 Å². The fraction of sp³-hybridized carbons (Fsp3) is 0.286. The highest BCUT2D eigenvalue weighted by Crippen LogP contribution is 2.31. The van der Waals surface area contributed by atoms with Crippen LogP contribution >= 0.6 is 11.8 Å². The highest BCUT2D eigenvalue weighted by Gasteiger charge is 2.13. The highest BCUT2D eigenvalue weighted by molar-refractivity contribution is 7.99. The summed E-state index contributed by atoms with van der Waals surface area (Å²) in [5.74, 6) is 2.12. The van der Waals surface area contributed by atoms with Gasteiger partial charge in [-0.15, -0.1) is 10.2 Å². The van der Waals surface area contributed by atoms with Crippen molar-refractivity contribution in [1.29, 1.82) is 0 Å². The SMILES string of the molecule is CCOc1ccc(NC(=O)CSc2nnc(-c3ccccc3)n2C)cc1OCC. The van der Waals surface area contributed by atoms with Crippen LogP contribution in [-0.2, 0) is 11.8 Å². The monoisotopic (exact) mass is 412 g/mol. The van der Waals surface area contributed by atoms with Crippen molar-refractivity contribution in [1.82, 2.24) is 14.8 Å². The molecule has 0 aliphatic heterocycles. The fourth-order valence-electron chi connectivity index (χ4n) is 2.74. The molecule has 1 N–H and O–H groups in total. The summed E-state index contributed by atoms with van der Waals surface area (Å²) >= 11 is 1.34. The third kappa shape index (κ3) is 5.29. The summed E-state index contributed by atoms with van der Waals surface area (Å²) in [5, 5.41) is 12.0. The van der Waals surface area contributed by atoms with Crippen LogP contribution in [0.2, 0.25) is 0 Å². The van der Waals surface area contributed by atoms with E-state index in [-0.39, 0.29) is 11.7 Å². The van der Waals surface area contributed by atoms with Crippen molar-refractivity contribution in [3.8, 4) is 22.9 Å². The predicted octanol–water partition coefficient (Wildman–Crippen LogP) is 4.01. The van der Waals surface area contributed by atoms with Gasteiger partial charge in [0.25, 0.3) is 0 Å². The van der Waals surface area contributed by atoms with Gasteiger partial charge in [-0.05, 0) is 26.0 Å². The van der Waals surface area contributed by atoms with E-state index in [2.05, 4.69) is 15.5 Å². The summed E-state index contributed by atoms with van der Waals surface area (Å²) in [7, 11) is 1.89. The number of benzene rings is 2. The van der Waals surface area contributed by atoms with Crippen LogP contribution in [0.25, 0.3) is 11.4 Å². The van der Waals surface area contributed by atoms with E-state index in [1.54, 1.807) is 18.2 Å². The maximum absolute atomic E-state index is 12.4. The number of nitrogens with zero attached hydrogens (tertiary/aromatic N) is 3. The van der Waals surface area contributed by atoms with E-state index in [4.69, 9.17) is 9.47 Å². The van der Waals surface area contributed by atoms with Gasteiger partial charge in [0.15, 0.2) is 22.5 Å². The molecule has 3 aromatic rings. The van der Waals surface area contributed by atoms with Crippen LogP contribution in [0.5, 0.6) is 11.5 Å². The van der Waals surface area contributed by atoms with Gasteiger partial charge in [-0.1, -0.05) is 42.1 Å². The Kier molecular flexibility index (Phi) is 7.13. The van der Waals surface area contributed by atoms with E-state index in [1.807, 2.05) is 55.8 Å². The second-order valence-corrected chi connectivity index (χ2v) is 7.04. The third-order valence-corrected chi connectivity index (χ3v) is 5.05. The number of thioether (sulfide) groups is 1. The number of anilines is 1. The lowest BCUT2D eigenvalue weighted by molar-refractivity contribution is -0.113. The molecule has 0 radical (unpaired) electrons. The summed E-state index contributed by atoms with van der Waals surface area (Å²) in [4.78, 5) is 12.4. The Morgan fingerprint density at radius 1 is 1.03 bits per heavy atom. The molecule has 3 rings (SSSR count). The van der Waals surface area contributed by atoms with Crippen LogP contribution in [0, 0.1) is 0 Å². The molecule has 7 nitrogen and oxygen atoms in total. The molecule has 0 bridgehead atoms. The van der Waals surface area contributed by atoms with Gasteiger partial charge in [-0.25, -0.2) is 0 Å². The summed E-state index contributed by atoms with van der Waals surface area (Å²) in [6.07, 6.45) is 0. The maximum atomic E-state index is 12.4. The number of nitrogens with one attached hydrogen (secondary N) is 1. The standard InChI is InChI=1S/C21H24N4O3S/c1-4-27-17-12-11-16(13-18(17)28-5-2)22-19(26)14-29-21-24-23-20(25(21)3)15-9-7-6-8-10-15/h6-13H,4-5,14H2,1-3H3,(H,22,26). The van der Waals surface area contributed by atoms with Crippen LogP contribution in [0.3, 0.4) is 0 Å². The minimum atomic E-state index is -0.133. The molecule has 0 saturated heterocycles. The average Bonchev–Trinajstić information content (AvgIpc) is 3.10. The average molecular weight is 413 g/mol. The fourth-order valence-corrected chi connectivity index (χ4v) is 3.45. The van der Waals surface area contributed by atoms with Crippen LogP contribution in [-0.4, -0.2) is 39.6 Å². The van der Waals surface area contributed by atoms with Crippen LogP contribution < -0.4 is 14.8 Å². The molecule has 0 aliphatic rings. The Balaban J connectivity index is 1.62. The van der Waals surface area contributed by atoms with Gasteiger partial charge >= 0.3 is 0 Å². The topological polar surface area (TPSA) is 78.3 Å². The smallest absolute Gasteiger partial charge is 0.234 e. The first kappa shape index (κ1) is 20.7. The second-order valence-electron chi connectivity index (χ2n) is 6.10. The lowest BCUT2D eigenvalue weighted by atomic mass is 10.2. The van der Waals surface area contributed by atoms with Gasteiger partial charge in [0.05, 0.1) is 19.0 Å². The first-order valence-corrected chi connectivity index (χ1v) is 10.4. The summed E-state index contributed by atoms with van der Waals surface area (Å²) < 4.78 is 13.0. The first-order chi connectivity index (χ1) is 14.1. The zero-order valence-electron chi connectivity index (χ0n) is 16.7. The molecule has 29 heavy (non-hydrogen) atoms. The lowest BCUT2D eigenvalue weighted by Gasteiger charge is -2.13. The minimum absolute atomic E-state index is 0.133. The van der Waals surface area contributed by atoms with Crippen molar-refractivity contribution in [2.24, 2.45) is 7.05 Å². The van der Waals surface area contributed by atoms with E-state index >= 15 is 0 Å². The van der Waals surface area contributed by atoms with Crippen LogP contribution in [0.1, 0.15) is 13.8 Å². The van der Waals surface area contributed by atoms with E-state index in [0.717, 1.165) is 11.4 Å². The Morgan fingerprint density at radius 2 is 1.76 bits per heavy atom. The molecule has 1 amide bonds. The molecule has 8 heteroatoms. The molecule has 0 aliphatic carbocycles. The Bertz CT molecular complexity index is 960. The van der Waals surface area contributed by atoms with Crippen molar-refractivity contribution >= 4 is 23.4 Å². The molecule has 1 heterocycles. The quantitative estimate of drug-likeness (QED) is 0.535. The van der Waals surface area contributed by atoms with Gasteiger partial charge < -0.3 is 19.4 Å². The number of rotatable bonds is 9. The number of hydrogen-bond acceptors (Lipinski definition) is 6. The van der Waals surface area contributed by atoms with E-state index < -0.39 is 0 Å². The van der Waals surface area contributed by atoms with Crippen molar-refractivity contribution in [2.75, 3.05) is 24.3 Å². The van der Waals surface area contributed by atoms with Crippen LogP contribution in [0.4, 0.5) is 5.69 Å². The zero-order valence-corrected chi connectivity index (χ0v) is 17.5. The second kappa shape index (κ2) is 9.97. The molecular weight excluding hydrogens is 388 g/mol. The normalized spacial score (nSPS) is 10.6. The molecule has 2 aromatic carbocycles. The Hall–Kier alpha value is -3.00. The Labute approximate surface area is 174 Å². The number of aromatic nitrogens is 3. The van der Waals surface area contributed by atoms with Gasteiger partial charge in [0.1, 0.15) is 0 Å². The van der Waals surface area contributed by atoms with Gasteiger partial charge in [-0.3, -0.25) is 4.79 Å². The minimum Gasteiger partial charge on any atom is -0.490 e. The third-order valence-electron chi connectivity index (χ3n) is 4.03. The number of carbonyl (C=O) groups is 1. The molecular formula is C21H24N4O3S. The highest BCUT2D eigenvalue weighted by atomic mass is 32.2. The largest absolute Gasteiger partial charge is 0.490 e. The van der Waals surface area contributed by atoms with Crippen molar-refractivity contribution in [2.45, 2.75) is 19.0 Å². The molecule has 152 valence electrons. The van der Waals surface area contributed by atoms with Crippen molar-refractivity contribution in [3.63, 3.8) is 0 Å². The van der Waals surface area contributed by atoms with Crippen LogP contribution in [0.15, 0.2) is 53.7 Å². The number of ether oxygens (including phenoxy) is 2. The Morgan fingerprint density at radius 3 is 2.48 bits per heavy atom. The number of amides is 1. The van der Waals surface area contributed by atoms with E-state index in [0.29, 0.717) is 35.6 Å². The summed E-state index contributed by atoms with van der Waals surface area (Å²) in [6.45, 7) is 4.88. The molecule has 0 unspecified atom stereocenters. The van der Waals surface area contributed by atoms with Gasteiger partial charge in [0.2, 0.25) is 5.91 Å². The predicted molar refractivity (Wildman–Crippen MR) is 115 cm³/mol. The van der Waals surface area contributed by atoms with E-state index in [1.165, 1.54) is 11.8 Å². The zero-order chi connectivity index (χ0) is 20.6. The molecule has 0 saturated carbocycles. The van der Waals surface area contributed by atoms with Gasteiger partial charge in [-0.2, -0.15) is 0 Å². The summed E-state index contributed by atoms with van der Waals surface area (Å²) in [6, 6.07) is 15.2. The maximum Gasteiger partial charge on any atom is 0.234 e. The van der Waals surface area contributed by atoms with Gasteiger partial charge in [0, 0.05) is 24.4 Å².